The molecule has 5 heteroatoms. The van der Waals surface area contributed by atoms with E-state index in [0.717, 1.165) is 17.7 Å². The second kappa shape index (κ2) is 7.81. The molecule has 2 unspecified atom stereocenters. The Bertz CT molecular complexity index is 654. The number of thiophene rings is 1. The largest absolute Gasteiger partial charge is 0.497 e. The molecule has 0 radical (unpaired) electrons. The number of ether oxygens (including phenoxy) is 2. The average Bonchev–Trinajstić information content (AvgIpc) is 3.14. The van der Waals surface area contributed by atoms with Gasteiger partial charge in [0.15, 0.2) is 0 Å². The number of nitrogens with zero attached hydrogens (tertiary/aromatic N) is 1. The van der Waals surface area contributed by atoms with E-state index in [1.54, 1.807) is 18.4 Å². The fourth-order valence-corrected chi connectivity index (χ4v) is 3.66. The van der Waals surface area contributed by atoms with Gasteiger partial charge in [0.25, 0.3) is 0 Å². The lowest BCUT2D eigenvalue weighted by atomic mass is 10.1. The van der Waals surface area contributed by atoms with E-state index in [4.69, 9.17) is 9.47 Å². The van der Waals surface area contributed by atoms with E-state index >= 15 is 0 Å². The van der Waals surface area contributed by atoms with Gasteiger partial charge in [0.1, 0.15) is 11.9 Å². The molecule has 0 aliphatic carbocycles. The van der Waals surface area contributed by atoms with E-state index in [0.29, 0.717) is 19.6 Å². The molecule has 1 aliphatic rings. The Morgan fingerprint density at radius 1 is 1.33 bits per heavy atom. The van der Waals surface area contributed by atoms with E-state index in [2.05, 4.69) is 11.4 Å². The number of rotatable bonds is 5. The highest BCUT2D eigenvalue weighted by atomic mass is 32.1. The third kappa shape index (κ3) is 3.97. The fourth-order valence-electron chi connectivity index (χ4n) is 2.95. The van der Waals surface area contributed by atoms with E-state index < -0.39 is 0 Å². The van der Waals surface area contributed by atoms with Gasteiger partial charge in [0.2, 0.25) is 5.91 Å². The quantitative estimate of drug-likeness (QED) is 0.830. The maximum Gasteiger partial charge on any atom is 0.223 e. The van der Waals surface area contributed by atoms with Gasteiger partial charge in [-0.25, -0.2) is 0 Å². The Morgan fingerprint density at radius 2 is 2.12 bits per heavy atom. The highest BCUT2D eigenvalue weighted by Crippen LogP contribution is 2.27. The van der Waals surface area contributed by atoms with Crippen molar-refractivity contribution in [2.75, 3.05) is 20.3 Å². The van der Waals surface area contributed by atoms with Gasteiger partial charge in [-0.1, -0.05) is 18.2 Å². The number of carbonyl (C=O) groups is 1. The number of aryl methyl sites for hydroxylation is 1. The molecular formula is C19H23NO3S. The molecule has 1 aromatic heterocycles. The number of hydrogen-bond acceptors (Lipinski definition) is 4. The van der Waals surface area contributed by atoms with Crippen molar-refractivity contribution in [2.45, 2.75) is 31.9 Å². The van der Waals surface area contributed by atoms with E-state index in [1.807, 2.05) is 42.2 Å². The highest BCUT2D eigenvalue weighted by molar-refractivity contribution is 7.09. The summed E-state index contributed by atoms with van der Waals surface area (Å²) in [5.74, 6) is 1.03. The van der Waals surface area contributed by atoms with Crippen LogP contribution in [0.4, 0.5) is 0 Å². The molecule has 1 aliphatic heterocycles. The van der Waals surface area contributed by atoms with Crippen LogP contribution < -0.4 is 4.74 Å². The zero-order chi connectivity index (χ0) is 16.9. The number of morpholine rings is 1. The maximum absolute atomic E-state index is 12.6. The van der Waals surface area contributed by atoms with Crippen LogP contribution in [0.5, 0.6) is 5.75 Å². The van der Waals surface area contributed by atoms with Crippen molar-refractivity contribution in [3.8, 4) is 5.75 Å². The van der Waals surface area contributed by atoms with Crippen LogP contribution in [0.1, 0.15) is 29.9 Å². The molecule has 0 saturated carbocycles. The van der Waals surface area contributed by atoms with Crippen LogP contribution in [-0.2, 0) is 16.0 Å². The number of benzene rings is 1. The zero-order valence-corrected chi connectivity index (χ0v) is 14.9. The average molecular weight is 345 g/mol. The summed E-state index contributed by atoms with van der Waals surface area (Å²) in [5, 5.41) is 2.05. The van der Waals surface area contributed by atoms with Gasteiger partial charge in [-0.3, -0.25) is 4.79 Å². The molecular weight excluding hydrogens is 322 g/mol. The molecule has 0 bridgehead atoms. The Hall–Kier alpha value is -1.85. The third-order valence-electron chi connectivity index (χ3n) is 4.41. The number of methoxy groups -OCH3 is 1. The maximum atomic E-state index is 12.6. The van der Waals surface area contributed by atoms with E-state index in [1.165, 1.54) is 4.88 Å². The highest BCUT2D eigenvalue weighted by Gasteiger charge is 2.30. The Morgan fingerprint density at radius 3 is 2.79 bits per heavy atom. The minimum atomic E-state index is -0.0715. The molecule has 1 aromatic carbocycles. The summed E-state index contributed by atoms with van der Waals surface area (Å²) < 4.78 is 11.1. The molecule has 128 valence electrons. The van der Waals surface area contributed by atoms with Gasteiger partial charge in [-0.2, -0.15) is 0 Å². The predicted octanol–water partition coefficient (Wildman–Crippen LogP) is 3.68. The van der Waals surface area contributed by atoms with Gasteiger partial charge in [0.05, 0.1) is 26.3 Å². The Balaban J connectivity index is 1.62. The van der Waals surface area contributed by atoms with Gasteiger partial charge < -0.3 is 14.4 Å². The Labute approximate surface area is 147 Å². The lowest BCUT2D eigenvalue weighted by Crippen LogP contribution is -2.48. The SMILES string of the molecule is COc1ccc(C2CN(C(=O)CCc3cccs3)C(C)CO2)cc1. The molecule has 3 rings (SSSR count). The zero-order valence-electron chi connectivity index (χ0n) is 14.1. The van der Waals surface area contributed by atoms with Crippen molar-refractivity contribution in [1.82, 2.24) is 4.90 Å². The van der Waals surface area contributed by atoms with Crippen molar-refractivity contribution < 1.29 is 14.3 Å². The summed E-state index contributed by atoms with van der Waals surface area (Å²) in [6.45, 7) is 3.23. The van der Waals surface area contributed by atoms with Gasteiger partial charge in [-0.05, 0) is 42.5 Å². The van der Waals surface area contributed by atoms with Crippen LogP contribution in [-0.4, -0.2) is 37.1 Å². The molecule has 1 fully saturated rings. The molecule has 4 nitrogen and oxygen atoms in total. The monoisotopic (exact) mass is 345 g/mol. The van der Waals surface area contributed by atoms with Gasteiger partial charge >= 0.3 is 0 Å². The van der Waals surface area contributed by atoms with Gasteiger partial charge in [-0.15, -0.1) is 11.3 Å². The number of carbonyl (C=O) groups excluding carboxylic acids is 1. The molecule has 0 spiro atoms. The molecule has 2 atom stereocenters. The van der Waals surface area contributed by atoms with Crippen LogP contribution in [0.15, 0.2) is 41.8 Å². The lowest BCUT2D eigenvalue weighted by molar-refractivity contribution is -0.144. The first-order valence-electron chi connectivity index (χ1n) is 8.25. The van der Waals surface area contributed by atoms with Crippen LogP contribution in [0, 0.1) is 0 Å². The first-order chi connectivity index (χ1) is 11.7. The first kappa shape index (κ1) is 17.0. The molecule has 1 saturated heterocycles. The molecule has 2 heterocycles. The smallest absolute Gasteiger partial charge is 0.223 e. The van der Waals surface area contributed by atoms with Gasteiger partial charge in [0, 0.05) is 11.3 Å². The van der Waals surface area contributed by atoms with Crippen molar-refractivity contribution >= 4 is 17.2 Å². The van der Waals surface area contributed by atoms with Crippen LogP contribution in [0.3, 0.4) is 0 Å². The summed E-state index contributed by atoms with van der Waals surface area (Å²) in [7, 11) is 1.65. The molecule has 1 amide bonds. The normalized spacial score (nSPS) is 20.8. The summed E-state index contributed by atoms with van der Waals surface area (Å²) in [6, 6.07) is 12.1. The van der Waals surface area contributed by atoms with Crippen molar-refractivity contribution in [2.24, 2.45) is 0 Å². The standard InChI is InChI=1S/C19H23NO3S/c1-14-13-23-18(15-5-7-16(22-2)8-6-15)12-20(14)19(21)10-9-17-4-3-11-24-17/h3-8,11,14,18H,9-10,12-13H2,1-2H3. The second-order valence-corrected chi connectivity index (χ2v) is 7.10. The fraction of sp³-hybridized carbons (Fsp3) is 0.421. The first-order valence-corrected chi connectivity index (χ1v) is 9.12. The third-order valence-corrected chi connectivity index (χ3v) is 5.34. The number of amides is 1. The van der Waals surface area contributed by atoms with E-state index in [9.17, 15) is 4.79 Å². The summed E-state index contributed by atoms with van der Waals surface area (Å²) in [5.41, 5.74) is 1.08. The molecule has 24 heavy (non-hydrogen) atoms. The van der Waals surface area contributed by atoms with Crippen molar-refractivity contribution in [1.29, 1.82) is 0 Å². The van der Waals surface area contributed by atoms with Crippen molar-refractivity contribution in [3.63, 3.8) is 0 Å². The lowest BCUT2D eigenvalue weighted by Gasteiger charge is -2.38. The predicted molar refractivity (Wildman–Crippen MR) is 95.5 cm³/mol. The summed E-state index contributed by atoms with van der Waals surface area (Å²) in [4.78, 5) is 15.9. The second-order valence-electron chi connectivity index (χ2n) is 6.07. The molecule has 2 aromatic rings. The number of hydrogen-bond donors (Lipinski definition) is 0. The van der Waals surface area contributed by atoms with Crippen LogP contribution >= 0.6 is 11.3 Å². The Kier molecular flexibility index (Phi) is 5.53. The van der Waals surface area contributed by atoms with Crippen LogP contribution in [0.2, 0.25) is 0 Å². The summed E-state index contributed by atoms with van der Waals surface area (Å²) in [6.07, 6.45) is 1.30. The van der Waals surface area contributed by atoms with Crippen molar-refractivity contribution in [3.05, 3.63) is 52.2 Å². The molecule has 0 N–H and O–H groups in total. The van der Waals surface area contributed by atoms with Crippen LogP contribution in [0.25, 0.3) is 0 Å². The minimum Gasteiger partial charge on any atom is -0.497 e. The summed E-state index contributed by atoms with van der Waals surface area (Å²) >= 11 is 1.71. The minimum absolute atomic E-state index is 0.0715. The topological polar surface area (TPSA) is 38.8 Å². The van der Waals surface area contributed by atoms with E-state index in [-0.39, 0.29) is 18.1 Å².